The van der Waals surface area contributed by atoms with Crippen molar-refractivity contribution in [2.24, 2.45) is 11.8 Å². The number of carbonyl (C=O) groups excluding carboxylic acids is 2. The molecule has 162 valence electrons. The molecular formula is C22H35ClN4O2. The topological polar surface area (TPSA) is 73.5 Å². The van der Waals surface area contributed by atoms with Crippen molar-refractivity contribution in [3.63, 3.8) is 0 Å². The number of nitrogens with zero attached hydrogens (tertiary/aromatic N) is 1. The monoisotopic (exact) mass is 422 g/mol. The van der Waals surface area contributed by atoms with Gasteiger partial charge >= 0.3 is 6.03 Å². The van der Waals surface area contributed by atoms with Crippen LogP contribution in [0.4, 0.5) is 4.79 Å². The van der Waals surface area contributed by atoms with E-state index in [-0.39, 0.29) is 30.3 Å². The fourth-order valence-electron chi connectivity index (χ4n) is 3.64. The van der Waals surface area contributed by atoms with Crippen LogP contribution in [0.1, 0.15) is 45.1 Å². The maximum atomic E-state index is 13.0. The van der Waals surface area contributed by atoms with Crippen LogP contribution in [-0.2, 0) is 11.3 Å². The number of carbonyl (C=O) groups is 2. The van der Waals surface area contributed by atoms with Crippen molar-refractivity contribution < 1.29 is 9.59 Å². The number of benzene rings is 1. The van der Waals surface area contributed by atoms with Gasteiger partial charge in [0.2, 0.25) is 5.91 Å². The number of hydrogen-bond donors (Lipinski definition) is 3. The second-order valence-corrected chi connectivity index (χ2v) is 8.49. The summed E-state index contributed by atoms with van der Waals surface area (Å²) in [5.41, 5.74) is 1.03. The van der Waals surface area contributed by atoms with E-state index in [9.17, 15) is 9.59 Å². The predicted octanol–water partition coefficient (Wildman–Crippen LogP) is 2.92. The largest absolute Gasteiger partial charge is 0.341 e. The summed E-state index contributed by atoms with van der Waals surface area (Å²) in [5, 5.41) is 9.38. The fourth-order valence-corrected chi connectivity index (χ4v) is 3.64. The third-order valence-corrected chi connectivity index (χ3v) is 5.71. The quantitative estimate of drug-likeness (QED) is 0.603. The SMILES string of the molecule is CC(C)C(NC(=O)NCc1ccccc1)C(=O)N1CCC(NCC2CC2)CC1.Cl. The first-order valence-corrected chi connectivity index (χ1v) is 10.6. The summed E-state index contributed by atoms with van der Waals surface area (Å²) >= 11 is 0. The lowest BCUT2D eigenvalue weighted by Crippen LogP contribution is -2.56. The van der Waals surface area contributed by atoms with Gasteiger partial charge in [0.1, 0.15) is 6.04 Å². The minimum Gasteiger partial charge on any atom is -0.341 e. The maximum Gasteiger partial charge on any atom is 0.315 e. The standard InChI is InChI=1S/C22H34N4O2.ClH/c1-16(2)20(25-22(28)24-15-17-6-4-3-5-7-17)21(27)26-12-10-19(11-13-26)23-14-18-8-9-18;/h3-7,16,18-20,23H,8-15H2,1-2H3,(H2,24,25,28);1H. The Morgan fingerprint density at radius 3 is 2.31 bits per heavy atom. The molecule has 0 bridgehead atoms. The molecule has 6 nitrogen and oxygen atoms in total. The van der Waals surface area contributed by atoms with Gasteiger partial charge < -0.3 is 20.9 Å². The van der Waals surface area contributed by atoms with E-state index in [2.05, 4.69) is 16.0 Å². The Bertz CT molecular complexity index is 643. The average Bonchev–Trinajstić information content (AvgIpc) is 3.54. The molecule has 1 atom stereocenters. The van der Waals surface area contributed by atoms with Gasteiger partial charge in [0.25, 0.3) is 0 Å². The predicted molar refractivity (Wildman–Crippen MR) is 118 cm³/mol. The Hall–Kier alpha value is -1.79. The van der Waals surface area contributed by atoms with Crippen molar-refractivity contribution in [1.29, 1.82) is 0 Å². The number of likely N-dealkylation sites (tertiary alicyclic amines) is 1. The molecule has 1 saturated carbocycles. The normalized spacial score (nSPS) is 18.1. The average molecular weight is 423 g/mol. The van der Waals surface area contributed by atoms with Gasteiger partial charge in [0.05, 0.1) is 0 Å². The van der Waals surface area contributed by atoms with E-state index in [1.807, 2.05) is 49.1 Å². The van der Waals surface area contributed by atoms with E-state index in [1.54, 1.807) is 0 Å². The highest BCUT2D eigenvalue weighted by atomic mass is 35.5. The Kier molecular flexibility index (Phi) is 9.24. The van der Waals surface area contributed by atoms with Crippen LogP contribution in [0.3, 0.4) is 0 Å². The Morgan fingerprint density at radius 2 is 1.72 bits per heavy atom. The van der Waals surface area contributed by atoms with Gasteiger partial charge in [0.15, 0.2) is 0 Å². The van der Waals surface area contributed by atoms with Crippen LogP contribution in [0.2, 0.25) is 0 Å². The first-order chi connectivity index (χ1) is 13.5. The molecule has 3 N–H and O–H groups in total. The van der Waals surface area contributed by atoms with Crippen LogP contribution < -0.4 is 16.0 Å². The first-order valence-electron chi connectivity index (χ1n) is 10.6. The highest BCUT2D eigenvalue weighted by molar-refractivity contribution is 5.87. The van der Waals surface area contributed by atoms with E-state index in [0.29, 0.717) is 12.6 Å². The zero-order chi connectivity index (χ0) is 19.9. The van der Waals surface area contributed by atoms with Crippen molar-refractivity contribution in [3.05, 3.63) is 35.9 Å². The summed E-state index contributed by atoms with van der Waals surface area (Å²) in [6, 6.07) is 9.49. The summed E-state index contributed by atoms with van der Waals surface area (Å²) in [5.74, 6) is 0.953. The van der Waals surface area contributed by atoms with Crippen LogP contribution in [-0.4, -0.2) is 48.6 Å². The molecule has 2 fully saturated rings. The van der Waals surface area contributed by atoms with Gasteiger partial charge in [-0.2, -0.15) is 0 Å². The van der Waals surface area contributed by atoms with E-state index >= 15 is 0 Å². The summed E-state index contributed by atoms with van der Waals surface area (Å²) in [6.45, 7) is 7.05. The molecule has 1 unspecified atom stereocenters. The maximum absolute atomic E-state index is 13.0. The van der Waals surface area contributed by atoms with Crippen LogP contribution >= 0.6 is 12.4 Å². The fraction of sp³-hybridized carbons (Fsp3) is 0.636. The molecule has 0 spiro atoms. The Morgan fingerprint density at radius 1 is 1.07 bits per heavy atom. The van der Waals surface area contributed by atoms with Gasteiger partial charge in [-0.05, 0) is 49.6 Å². The van der Waals surface area contributed by atoms with E-state index in [4.69, 9.17) is 0 Å². The molecule has 3 amide bonds. The summed E-state index contributed by atoms with van der Waals surface area (Å²) in [6.07, 6.45) is 4.70. The zero-order valence-electron chi connectivity index (χ0n) is 17.5. The van der Waals surface area contributed by atoms with Crippen molar-refractivity contribution in [3.8, 4) is 0 Å². The summed E-state index contributed by atoms with van der Waals surface area (Å²) in [7, 11) is 0. The third-order valence-electron chi connectivity index (χ3n) is 5.71. The number of urea groups is 1. The minimum atomic E-state index is -0.494. The smallest absolute Gasteiger partial charge is 0.315 e. The molecule has 7 heteroatoms. The zero-order valence-corrected chi connectivity index (χ0v) is 18.3. The molecule has 1 aliphatic heterocycles. The number of hydrogen-bond acceptors (Lipinski definition) is 3. The molecule has 3 rings (SSSR count). The van der Waals surface area contributed by atoms with Gasteiger partial charge in [-0.3, -0.25) is 4.79 Å². The Balaban J connectivity index is 0.00000300. The van der Waals surface area contributed by atoms with Crippen molar-refractivity contribution in [2.45, 2.75) is 58.2 Å². The van der Waals surface area contributed by atoms with Crippen molar-refractivity contribution >= 4 is 24.3 Å². The number of amides is 3. The third kappa shape index (κ3) is 7.52. The number of halogens is 1. The summed E-state index contributed by atoms with van der Waals surface area (Å²) in [4.78, 5) is 27.2. The Labute approximate surface area is 180 Å². The highest BCUT2D eigenvalue weighted by Crippen LogP contribution is 2.28. The van der Waals surface area contributed by atoms with Crippen LogP contribution in [0.15, 0.2) is 30.3 Å². The minimum absolute atomic E-state index is 0. The van der Waals surface area contributed by atoms with E-state index < -0.39 is 6.04 Å². The second-order valence-electron chi connectivity index (χ2n) is 8.49. The van der Waals surface area contributed by atoms with Crippen molar-refractivity contribution in [2.75, 3.05) is 19.6 Å². The molecule has 1 aromatic carbocycles. The molecule has 1 aliphatic carbocycles. The molecule has 2 aliphatic rings. The van der Waals surface area contributed by atoms with E-state index in [1.165, 1.54) is 12.8 Å². The number of rotatable bonds is 8. The second kappa shape index (κ2) is 11.4. The first kappa shape index (κ1) is 23.5. The van der Waals surface area contributed by atoms with Gasteiger partial charge in [-0.25, -0.2) is 4.79 Å². The van der Waals surface area contributed by atoms with Crippen LogP contribution in [0.5, 0.6) is 0 Å². The van der Waals surface area contributed by atoms with Gasteiger partial charge in [-0.1, -0.05) is 44.2 Å². The summed E-state index contributed by atoms with van der Waals surface area (Å²) < 4.78 is 0. The molecule has 1 aromatic rings. The molecule has 29 heavy (non-hydrogen) atoms. The number of nitrogens with one attached hydrogen (secondary N) is 3. The highest BCUT2D eigenvalue weighted by Gasteiger charge is 2.31. The lowest BCUT2D eigenvalue weighted by Gasteiger charge is -2.35. The van der Waals surface area contributed by atoms with Gasteiger partial charge in [-0.15, -0.1) is 12.4 Å². The molecule has 0 aromatic heterocycles. The lowest BCUT2D eigenvalue weighted by molar-refractivity contribution is -0.135. The van der Waals surface area contributed by atoms with Crippen LogP contribution in [0, 0.1) is 11.8 Å². The van der Waals surface area contributed by atoms with Crippen molar-refractivity contribution in [1.82, 2.24) is 20.9 Å². The molecule has 1 saturated heterocycles. The molecule has 0 radical (unpaired) electrons. The van der Waals surface area contributed by atoms with E-state index in [0.717, 1.165) is 44.0 Å². The molecular weight excluding hydrogens is 388 g/mol. The number of piperidine rings is 1. The molecule has 1 heterocycles. The van der Waals surface area contributed by atoms with Gasteiger partial charge in [0, 0.05) is 25.7 Å². The van der Waals surface area contributed by atoms with Crippen LogP contribution in [0.25, 0.3) is 0 Å². The lowest BCUT2D eigenvalue weighted by atomic mass is 9.99.